The maximum Gasteiger partial charge on any atom is 0.336 e. The predicted octanol–water partition coefficient (Wildman–Crippen LogP) is 4.77. The first kappa shape index (κ1) is 18.1. The first-order valence-corrected chi connectivity index (χ1v) is 10.6. The summed E-state index contributed by atoms with van der Waals surface area (Å²) in [5.41, 5.74) is 5.07. The van der Waals surface area contributed by atoms with E-state index in [9.17, 15) is 4.79 Å². The Balaban J connectivity index is 1.46. The fourth-order valence-electron chi connectivity index (χ4n) is 3.89. The van der Waals surface area contributed by atoms with Crippen LogP contribution in [0.5, 0.6) is 5.75 Å². The van der Waals surface area contributed by atoms with Gasteiger partial charge in [-0.15, -0.1) is 0 Å². The van der Waals surface area contributed by atoms with Gasteiger partial charge in [-0.25, -0.2) is 9.78 Å². The average Bonchev–Trinajstić information content (AvgIpc) is 3.39. The van der Waals surface area contributed by atoms with Gasteiger partial charge < -0.3 is 9.15 Å². The van der Waals surface area contributed by atoms with Crippen LogP contribution in [-0.4, -0.2) is 16.7 Å². The van der Waals surface area contributed by atoms with Gasteiger partial charge in [0, 0.05) is 35.3 Å². The number of fused-ring (bicyclic) bond motifs is 2. The van der Waals surface area contributed by atoms with Crippen LogP contribution in [0.25, 0.3) is 16.7 Å². The minimum Gasteiger partial charge on any atom is -0.497 e. The Kier molecular flexibility index (Phi) is 4.64. The van der Waals surface area contributed by atoms with Gasteiger partial charge in [0.1, 0.15) is 11.3 Å². The summed E-state index contributed by atoms with van der Waals surface area (Å²) in [6.45, 7) is 0. The molecule has 146 valence electrons. The van der Waals surface area contributed by atoms with Crippen molar-refractivity contribution in [3.8, 4) is 11.4 Å². The van der Waals surface area contributed by atoms with E-state index in [-0.39, 0.29) is 5.63 Å². The second kappa shape index (κ2) is 7.44. The lowest BCUT2D eigenvalue weighted by Gasteiger charge is -2.10. The Bertz CT molecular complexity index is 1240. The van der Waals surface area contributed by atoms with Gasteiger partial charge in [-0.05, 0) is 72.4 Å². The van der Waals surface area contributed by atoms with Crippen LogP contribution in [0.4, 0.5) is 0 Å². The number of ether oxygens (including phenoxy) is 1. The number of nitrogens with zero attached hydrogens (tertiary/aromatic N) is 2. The smallest absolute Gasteiger partial charge is 0.336 e. The zero-order chi connectivity index (χ0) is 19.8. The number of benzene rings is 2. The number of methoxy groups -OCH3 is 1. The van der Waals surface area contributed by atoms with Crippen molar-refractivity contribution in [2.45, 2.75) is 30.2 Å². The van der Waals surface area contributed by atoms with E-state index >= 15 is 0 Å². The Labute approximate surface area is 172 Å². The molecule has 0 bridgehead atoms. The van der Waals surface area contributed by atoms with Crippen LogP contribution in [-0.2, 0) is 18.6 Å². The van der Waals surface area contributed by atoms with Gasteiger partial charge in [0.05, 0.1) is 7.11 Å². The molecule has 0 spiro atoms. The summed E-state index contributed by atoms with van der Waals surface area (Å²) in [4.78, 5) is 16.6. The first-order chi connectivity index (χ1) is 14.2. The minimum atomic E-state index is -0.301. The lowest BCUT2D eigenvalue weighted by atomic mass is 10.0. The Morgan fingerprint density at radius 3 is 2.72 bits per heavy atom. The highest BCUT2D eigenvalue weighted by Crippen LogP contribution is 2.31. The molecule has 0 saturated carbocycles. The quantitative estimate of drug-likeness (QED) is 0.354. The largest absolute Gasteiger partial charge is 0.497 e. The lowest BCUT2D eigenvalue weighted by Crippen LogP contribution is -2.01. The molecule has 5 rings (SSSR count). The fraction of sp³-hybridized carbons (Fsp3) is 0.217. The van der Waals surface area contributed by atoms with Gasteiger partial charge in [-0.3, -0.25) is 4.57 Å². The van der Waals surface area contributed by atoms with Crippen LogP contribution in [0.3, 0.4) is 0 Å². The van der Waals surface area contributed by atoms with E-state index in [0.717, 1.165) is 40.4 Å². The highest BCUT2D eigenvalue weighted by Gasteiger charge is 2.16. The van der Waals surface area contributed by atoms with Gasteiger partial charge in [0.15, 0.2) is 5.16 Å². The summed E-state index contributed by atoms with van der Waals surface area (Å²) in [7, 11) is 1.66. The molecule has 1 aliphatic rings. The predicted molar refractivity (Wildman–Crippen MR) is 114 cm³/mol. The van der Waals surface area contributed by atoms with E-state index in [1.54, 1.807) is 31.1 Å². The molecule has 4 aromatic rings. The molecular formula is C23H20N2O3S. The molecule has 2 aromatic heterocycles. The Morgan fingerprint density at radius 1 is 1.14 bits per heavy atom. The monoisotopic (exact) mass is 404 g/mol. The van der Waals surface area contributed by atoms with Gasteiger partial charge in [-0.1, -0.05) is 11.8 Å². The van der Waals surface area contributed by atoms with E-state index < -0.39 is 0 Å². The van der Waals surface area contributed by atoms with E-state index in [4.69, 9.17) is 9.15 Å². The molecule has 0 fully saturated rings. The Morgan fingerprint density at radius 2 is 1.93 bits per heavy atom. The number of imidazole rings is 1. The molecule has 1 aliphatic carbocycles. The normalized spacial score (nSPS) is 13.0. The number of aromatic nitrogens is 2. The van der Waals surface area contributed by atoms with Crippen LogP contribution in [0, 0.1) is 0 Å². The SMILES string of the molecule is COc1ccc(-n2ccnc2SCc2cc(=O)oc3cc4c(cc23)CCC4)cc1. The summed E-state index contributed by atoms with van der Waals surface area (Å²) in [5.74, 6) is 1.46. The van der Waals surface area contributed by atoms with E-state index in [0.29, 0.717) is 11.3 Å². The van der Waals surface area contributed by atoms with Crippen LogP contribution < -0.4 is 10.4 Å². The molecule has 0 aliphatic heterocycles. The molecule has 29 heavy (non-hydrogen) atoms. The van der Waals surface area contributed by atoms with Crippen LogP contribution in [0.15, 0.2) is 69.2 Å². The molecule has 0 saturated heterocycles. The van der Waals surface area contributed by atoms with Crippen molar-refractivity contribution in [3.63, 3.8) is 0 Å². The number of aryl methyl sites for hydroxylation is 2. The Hall–Kier alpha value is -2.99. The number of rotatable bonds is 5. The maximum atomic E-state index is 12.1. The molecule has 2 aromatic carbocycles. The third-order valence-corrected chi connectivity index (χ3v) is 6.37. The van der Waals surface area contributed by atoms with Crippen molar-refractivity contribution >= 4 is 22.7 Å². The molecule has 0 radical (unpaired) electrons. The maximum absolute atomic E-state index is 12.1. The highest BCUT2D eigenvalue weighted by molar-refractivity contribution is 7.98. The van der Waals surface area contributed by atoms with E-state index in [2.05, 4.69) is 11.1 Å². The molecule has 5 nitrogen and oxygen atoms in total. The molecule has 0 amide bonds. The summed E-state index contributed by atoms with van der Waals surface area (Å²) in [5, 5.41) is 1.90. The van der Waals surface area contributed by atoms with Gasteiger partial charge in [0.25, 0.3) is 0 Å². The lowest BCUT2D eigenvalue weighted by molar-refractivity contribution is 0.414. The average molecular weight is 404 g/mol. The highest BCUT2D eigenvalue weighted by atomic mass is 32.2. The first-order valence-electron chi connectivity index (χ1n) is 9.60. The van der Waals surface area contributed by atoms with Gasteiger partial charge in [0.2, 0.25) is 0 Å². The third-order valence-electron chi connectivity index (χ3n) is 5.36. The van der Waals surface area contributed by atoms with Crippen molar-refractivity contribution in [3.05, 3.63) is 82.0 Å². The number of hydrogen-bond acceptors (Lipinski definition) is 5. The number of thioether (sulfide) groups is 1. The molecule has 2 heterocycles. The topological polar surface area (TPSA) is 57.3 Å². The standard InChI is InChI=1S/C23H20N2O3S/c1-27-19-7-5-18(6-8-19)25-10-9-24-23(25)29-14-17-13-22(26)28-21-12-16-4-2-3-15(16)11-20(17)21/h5-13H,2-4,14H2,1H3. The van der Waals surface area contributed by atoms with Gasteiger partial charge in [-0.2, -0.15) is 0 Å². The van der Waals surface area contributed by atoms with Crippen molar-refractivity contribution < 1.29 is 9.15 Å². The zero-order valence-corrected chi connectivity index (χ0v) is 16.9. The van der Waals surface area contributed by atoms with Crippen LogP contribution in [0.2, 0.25) is 0 Å². The molecule has 0 unspecified atom stereocenters. The number of hydrogen-bond donors (Lipinski definition) is 0. The summed E-state index contributed by atoms with van der Waals surface area (Å²) in [6, 6.07) is 13.7. The van der Waals surface area contributed by atoms with Crippen LogP contribution >= 0.6 is 11.8 Å². The molecule has 0 atom stereocenters. The van der Waals surface area contributed by atoms with E-state index in [1.165, 1.54) is 17.5 Å². The molecule has 0 N–H and O–H groups in total. The van der Waals surface area contributed by atoms with Crippen LogP contribution in [0.1, 0.15) is 23.1 Å². The summed E-state index contributed by atoms with van der Waals surface area (Å²) in [6.07, 6.45) is 7.05. The minimum absolute atomic E-state index is 0.301. The van der Waals surface area contributed by atoms with Crippen molar-refractivity contribution in [1.82, 2.24) is 9.55 Å². The second-order valence-corrected chi connectivity index (χ2v) is 8.07. The van der Waals surface area contributed by atoms with Crippen molar-refractivity contribution in [2.24, 2.45) is 0 Å². The fourth-order valence-corrected chi connectivity index (χ4v) is 4.86. The molecular weight excluding hydrogens is 384 g/mol. The van der Waals surface area contributed by atoms with Gasteiger partial charge >= 0.3 is 5.63 Å². The third kappa shape index (κ3) is 3.44. The summed E-state index contributed by atoms with van der Waals surface area (Å²) < 4.78 is 12.8. The van der Waals surface area contributed by atoms with Crippen molar-refractivity contribution in [1.29, 1.82) is 0 Å². The molecule has 6 heteroatoms. The zero-order valence-electron chi connectivity index (χ0n) is 16.1. The second-order valence-electron chi connectivity index (χ2n) is 7.13. The van der Waals surface area contributed by atoms with E-state index in [1.807, 2.05) is 41.1 Å². The van der Waals surface area contributed by atoms with Crippen molar-refractivity contribution in [2.75, 3.05) is 7.11 Å². The summed E-state index contributed by atoms with van der Waals surface area (Å²) >= 11 is 1.61.